The zero-order valence-corrected chi connectivity index (χ0v) is 13.7. The van der Waals surface area contributed by atoms with E-state index in [1.807, 2.05) is 16.4 Å². The molecule has 6 heteroatoms. The first-order valence-corrected chi connectivity index (χ1v) is 8.04. The molecule has 2 aromatic rings. The quantitative estimate of drug-likeness (QED) is 0.809. The van der Waals surface area contributed by atoms with Crippen LogP contribution in [0.15, 0.2) is 41.8 Å². The van der Waals surface area contributed by atoms with Crippen LogP contribution in [-0.2, 0) is 11.3 Å². The van der Waals surface area contributed by atoms with Crippen molar-refractivity contribution < 1.29 is 9.18 Å². The number of carbonyl (C=O) groups excluding carboxylic acids is 1. The Morgan fingerprint density at radius 1 is 1.29 bits per heavy atom. The number of benzene rings is 1. The Labute approximate surface area is 139 Å². The molecule has 0 unspecified atom stereocenters. The lowest BCUT2D eigenvalue weighted by Crippen LogP contribution is -2.48. The van der Waals surface area contributed by atoms with Gasteiger partial charge in [0.25, 0.3) is 0 Å². The van der Waals surface area contributed by atoms with Crippen molar-refractivity contribution in [2.45, 2.75) is 13.5 Å². The van der Waals surface area contributed by atoms with Gasteiger partial charge in [-0.1, -0.05) is 6.58 Å². The number of carbonyl (C=O) groups is 1. The molecule has 126 valence electrons. The first kappa shape index (κ1) is 16.2. The highest BCUT2D eigenvalue weighted by Crippen LogP contribution is 2.25. The summed E-state index contributed by atoms with van der Waals surface area (Å²) in [5, 5.41) is 0.390. The molecule has 2 heterocycles. The van der Waals surface area contributed by atoms with E-state index < -0.39 is 5.82 Å². The van der Waals surface area contributed by atoms with Gasteiger partial charge in [0.15, 0.2) is 5.43 Å². The Bertz CT molecular complexity index is 851. The molecule has 5 nitrogen and oxygen atoms in total. The highest BCUT2D eigenvalue weighted by molar-refractivity contribution is 5.87. The van der Waals surface area contributed by atoms with Crippen molar-refractivity contribution in [3.05, 3.63) is 53.1 Å². The van der Waals surface area contributed by atoms with E-state index in [0.717, 1.165) is 5.52 Å². The number of hydrogen-bond acceptors (Lipinski definition) is 3. The maximum Gasteiger partial charge on any atom is 0.246 e. The van der Waals surface area contributed by atoms with Crippen LogP contribution in [0.1, 0.15) is 6.92 Å². The topological polar surface area (TPSA) is 45.6 Å². The third-order valence-electron chi connectivity index (χ3n) is 4.49. The van der Waals surface area contributed by atoms with Crippen molar-refractivity contribution in [3.63, 3.8) is 0 Å². The number of hydrogen-bond donors (Lipinski definition) is 0. The SMILES string of the molecule is C=CC(=O)N1CCN(c2cc3c(cc2F)c(=O)ccn3CC)CC1. The Kier molecular flexibility index (Phi) is 4.38. The van der Waals surface area contributed by atoms with Gasteiger partial charge < -0.3 is 14.4 Å². The molecule has 0 aliphatic carbocycles. The zero-order valence-electron chi connectivity index (χ0n) is 13.7. The Balaban J connectivity index is 1.96. The summed E-state index contributed by atoms with van der Waals surface area (Å²) >= 11 is 0. The second-order valence-electron chi connectivity index (χ2n) is 5.80. The molecular formula is C18H20FN3O2. The normalized spacial score (nSPS) is 14.9. The summed E-state index contributed by atoms with van der Waals surface area (Å²) in [5.74, 6) is -0.509. The number of piperazine rings is 1. The van der Waals surface area contributed by atoms with Gasteiger partial charge in [0, 0.05) is 50.4 Å². The third-order valence-corrected chi connectivity index (χ3v) is 4.49. The zero-order chi connectivity index (χ0) is 17.3. The molecule has 1 aliphatic rings. The summed E-state index contributed by atoms with van der Waals surface area (Å²) < 4.78 is 16.5. The summed E-state index contributed by atoms with van der Waals surface area (Å²) in [6.07, 6.45) is 3.03. The summed E-state index contributed by atoms with van der Waals surface area (Å²) in [6, 6.07) is 4.52. The lowest BCUT2D eigenvalue weighted by molar-refractivity contribution is -0.126. The fourth-order valence-corrected chi connectivity index (χ4v) is 3.13. The fraction of sp³-hybridized carbons (Fsp3) is 0.333. The first-order valence-electron chi connectivity index (χ1n) is 8.04. The fourth-order valence-electron chi connectivity index (χ4n) is 3.13. The minimum absolute atomic E-state index is 0.103. The molecule has 0 N–H and O–H groups in total. The maximum absolute atomic E-state index is 14.6. The second kappa shape index (κ2) is 6.47. The molecule has 1 aromatic carbocycles. The Hall–Kier alpha value is -2.63. The van der Waals surface area contributed by atoms with Crippen molar-refractivity contribution in [1.29, 1.82) is 0 Å². The predicted molar refractivity (Wildman–Crippen MR) is 92.8 cm³/mol. The van der Waals surface area contributed by atoms with Gasteiger partial charge in [0.1, 0.15) is 5.82 Å². The minimum atomic E-state index is -0.406. The van der Waals surface area contributed by atoms with Crippen molar-refractivity contribution in [2.24, 2.45) is 0 Å². The van der Waals surface area contributed by atoms with Gasteiger partial charge in [-0.15, -0.1) is 0 Å². The Morgan fingerprint density at radius 3 is 2.62 bits per heavy atom. The van der Waals surface area contributed by atoms with Crippen LogP contribution >= 0.6 is 0 Å². The molecule has 1 saturated heterocycles. The average Bonchev–Trinajstić information content (AvgIpc) is 2.61. The van der Waals surface area contributed by atoms with Crippen molar-refractivity contribution in [3.8, 4) is 0 Å². The molecule has 0 radical (unpaired) electrons. The van der Waals surface area contributed by atoms with E-state index in [2.05, 4.69) is 6.58 Å². The largest absolute Gasteiger partial charge is 0.366 e. The number of amides is 1. The molecule has 24 heavy (non-hydrogen) atoms. The van der Waals surface area contributed by atoms with Crippen LogP contribution in [0.4, 0.5) is 10.1 Å². The monoisotopic (exact) mass is 329 g/mol. The van der Waals surface area contributed by atoms with E-state index in [-0.39, 0.29) is 11.3 Å². The molecule has 0 spiro atoms. The molecule has 1 aromatic heterocycles. The van der Waals surface area contributed by atoms with Crippen LogP contribution in [0.3, 0.4) is 0 Å². The van der Waals surface area contributed by atoms with E-state index >= 15 is 0 Å². The predicted octanol–water partition coefficient (Wildman–Crippen LogP) is 2.00. The van der Waals surface area contributed by atoms with E-state index in [9.17, 15) is 14.0 Å². The number of fused-ring (bicyclic) bond motifs is 1. The van der Waals surface area contributed by atoms with Crippen LogP contribution in [0.5, 0.6) is 0 Å². The van der Waals surface area contributed by atoms with Gasteiger partial charge in [-0.25, -0.2) is 4.39 Å². The lowest BCUT2D eigenvalue weighted by atomic mass is 10.1. The standard InChI is InChI=1S/C18H20FN3O2/c1-3-18(24)22-9-7-21(8-10-22)16-12-15-13(11-14(16)19)17(23)5-6-20(15)4-2/h3,5-6,11-12H,1,4,7-10H2,2H3. The number of nitrogens with zero attached hydrogens (tertiary/aromatic N) is 3. The van der Waals surface area contributed by atoms with Crippen LogP contribution in [0, 0.1) is 5.82 Å². The Morgan fingerprint density at radius 2 is 2.00 bits per heavy atom. The van der Waals surface area contributed by atoms with Gasteiger partial charge in [0.2, 0.25) is 5.91 Å². The van der Waals surface area contributed by atoms with Crippen molar-refractivity contribution in [1.82, 2.24) is 9.47 Å². The third kappa shape index (κ3) is 2.79. The highest BCUT2D eigenvalue weighted by Gasteiger charge is 2.22. The molecule has 1 amide bonds. The molecule has 1 aliphatic heterocycles. The number of rotatable bonds is 3. The van der Waals surface area contributed by atoms with Crippen molar-refractivity contribution in [2.75, 3.05) is 31.1 Å². The van der Waals surface area contributed by atoms with E-state index in [1.165, 1.54) is 18.2 Å². The molecule has 0 saturated carbocycles. The summed E-state index contributed by atoms with van der Waals surface area (Å²) in [4.78, 5) is 27.3. The van der Waals surface area contributed by atoms with Gasteiger partial charge in [-0.2, -0.15) is 0 Å². The summed E-state index contributed by atoms with van der Waals surface area (Å²) in [7, 11) is 0. The van der Waals surface area contributed by atoms with Crippen molar-refractivity contribution >= 4 is 22.5 Å². The number of pyridine rings is 1. The van der Waals surface area contributed by atoms with Gasteiger partial charge in [-0.3, -0.25) is 9.59 Å². The second-order valence-corrected chi connectivity index (χ2v) is 5.80. The minimum Gasteiger partial charge on any atom is -0.366 e. The molecule has 0 bridgehead atoms. The van der Waals surface area contributed by atoms with Gasteiger partial charge in [-0.05, 0) is 25.1 Å². The highest BCUT2D eigenvalue weighted by atomic mass is 19.1. The van der Waals surface area contributed by atoms with E-state index in [4.69, 9.17) is 0 Å². The maximum atomic E-state index is 14.6. The summed E-state index contributed by atoms with van der Waals surface area (Å²) in [5.41, 5.74) is 1.02. The molecule has 3 rings (SSSR count). The summed E-state index contributed by atoms with van der Waals surface area (Å²) in [6.45, 7) is 8.31. The molecule has 0 atom stereocenters. The number of anilines is 1. The average molecular weight is 329 g/mol. The van der Waals surface area contributed by atoms with Crippen LogP contribution in [0.2, 0.25) is 0 Å². The molecular weight excluding hydrogens is 309 g/mol. The lowest BCUT2D eigenvalue weighted by Gasteiger charge is -2.36. The van der Waals surface area contributed by atoms with Crippen LogP contribution in [-0.4, -0.2) is 41.6 Å². The number of halogens is 1. The number of aryl methyl sites for hydroxylation is 1. The number of aromatic nitrogens is 1. The smallest absolute Gasteiger partial charge is 0.246 e. The van der Waals surface area contributed by atoms with Gasteiger partial charge >= 0.3 is 0 Å². The molecule has 1 fully saturated rings. The first-order chi connectivity index (χ1) is 11.5. The van der Waals surface area contributed by atoms with E-state index in [0.29, 0.717) is 43.8 Å². The van der Waals surface area contributed by atoms with Gasteiger partial charge in [0.05, 0.1) is 11.2 Å². The van der Waals surface area contributed by atoms with E-state index in [1.54, 1.807) is 17.2 Å². The van der Waals surface area contributed by atoms with Crippen LogP contribution < -0.4 is 10.3 Å². The van der Waals surface area contributed by atoms with Crippen LogP contribution in [0.25, 0.3) is 10.9 Å².